The second kappa shape index (κ2) is 5.84. The third-order valence-corrected chi connectivity index (χ3v) is 5.85. The van der Waals surface area contributed by atoms with Crippen LogP contribution in [0.2, 0.25) is 0 Å². The Morgan fingerprint density at radius 3 is 2.17 bits per heavy atom. The van der Waals surface area contributed by atoms with E-state index < -0.39 is 0 Å². The summed E-state index contributed by atoms with van der Waals surface area (Å²) in [4.78, 5) is 40.7. The zero-order valence-corrected chi connectivity index (χ0v) is 14.6. The van der Waals surface area contributed by atoms with Crippen LogP contribution in [-0.4, -0.2) is 46.7 Å². The van der Waals surface area contributed by atoms with Gasteiger partial charge in [0.1, 0.15) is 0 Å². The molecular weight excluding hydrogens is 372 g/mol. The fraction of sp³-hybridized carbons (Fsp3) is 0.389. The largest absolute Gasteiger partial charge is 0.334 e. The van der Waals surface area contributed by atoms with E-state index in [4.69, 9.17) is 0 Å². The summed E-state index contributed by atoms with van der Waals surface area (Å²) < 4.78 is 0.754. The number of amides is 3. The van der Waals surface area contributed by atoms with Gasteiger partial charge in [0, 0.05) is 17.6 Å². The Kier molecular flexibility index (Phi) is 3.79. The van der Waals surface area contributed by atoms with E-state index >= 15 is 0 Å². The van der Waals surface area contributed by atoms with E-state index in [1.165, 1.54) is 4.90 Å². The number of halogens is 1. The number of rotatable bonds is 2. The molecule has 2 heterocycles. The van der Waals surface area contributed by atoms with E-state index in [0.29, 0.717) is 31.5 Å². The van der Waals surface area contributed by atoms with Crippen molar-refractivity contribution in [3.63, 3.8) is 0 Å². The van der Waals surface area contributed by atoms with Gasteiger partial charge in [-0.25, -0.2) is 0 Å². The van der Waals surface area contributed by atoms with Crippen molar-refractivity contribution in [3.8, 4) is 0 Å². The Morgan fingerprint density at radius 2 is 1.58 bits per heavy atom. The summed E-state index contributed by atoms with van der Waals surface area (Å²) in [6.07, 6.45) is 5.27. The van der Waals surface area contributed by atoms with Gasteiger partial charge in [-0.05, 0) is 40.9 Å². The third kappa shape index (κ3) is 2.32. The molecule has 5 nitrogen and oxygen atoms in total. The van der Waals surface area contributed by atoms with Gasteiger partial charge in [-0.15, -0.1) is 0 Å². The van der Waals surface area contributed by atoms with Crippen molar-refractivity contribution in [2.45, 2.75) is 18.9 Å². The monoisotopic (exact) mass is 388 g/mol. The van der Waals surface area contributed by atoms with E-state index in [1.54, 1.807) is 11.0 Å². The lowest BCUT2D eigenvalue weighted by Crippen LogP contribution is -2.62. The number of carbonyl (C=O) groups is 3. The average Bonchev–Trinajstić information content (AvgIpc) is 2.79. The minimum absolute atomic E-state index is 0.0626. The maximum Gasteiger partial charge on any atom is 0.255 e. The summed E-state index contributed by atoms with van der Waals surface area (Å²) in [5.41, 5.74) is 0.605. The van der Waals surface area contributed by atoms with Crippen molar-refractivity contribution < 1.29 is 14.4 Å². The standard InChI is InChI=1S/C18H17BrN2O3/c19-15-8-4-3-7-14(15)16(22)20-9-11(10-20)21-17(23)12-5-1-2-6-13(12)18(21)24/h1-4,7-8,11-13H,5-6,9-10H2/t12-,13+. The van der Waals surface area contributed by atoms with Crippen LogP contribution in [0.4, 0.5) is 0 Å². The number of fused-ring (bicyclic) bond motifs is 1. The van der Waals surface area contributed by atoms with E-state index in [9.17, 15) is 14.4 Å². The van der Waals surface area contributed by atoms with Gasteiger partial charge >= 0.3 is 0 Å². The fourth-order valence-corrected chi connectivity index (χ4v) is 4.23. The molecule has 0 spiro atoms. The summed E-state index contributed by atoms with van der Waals surface area (Å²) in [6, 6.07) is 7.10. The molecule has 1 aromatic rings. The van der Waals surface area contributed by atoms with Crippen molar-refractivity contribution >= 4 is 33.7 Å². The van der Waals surface area contributed by atoms with Gasteiger partial charge in [0.25, 0.3) is 5.91 Å². The predicted octanol–water partition coefficient (Wildman–Crippen LogP) is 2.22. The molecule has 2 saturated heterocycles. The van der Waals surface area contributed by atoms with E-state index in [1.807, 2.05) is 30.4 Å². The van der Waals surface area contributed by atoms with Gasteiger partial charge in [0.15, 0.2) is 0 Å². The first kappa shape index (κ1) is 15.6. The highest BCUT2D eigenvalue weighted by molar-refractivity contribution is 9.10. The third-order valence-electron chi connectivity index (χ3n) is 5.16. The Balaban J connectivity index is 1.45. The molecular formula is C18H17BrN2O3. The normalized spacial score (nSPS) is 26.5. The molecule has 6 heteroatoms. The quantitative estimate of drug-likeness (QED) is 0.576. The molecule has 2 atom stereocenters. The summed E-state index contributed by atoms with van der Waals surface area (Å²) in [6.45, 7) is 0.842. The highest BCUT2D eigenvalue weighted by atomic mass is 79.9. The lowest BCUT2D eigenvalue weighted by molar-refractivity contribution is -0.145. The van der Waals surface area contributed by atoms with Crippen LogP contribution in [0.5, 0.6) is 0 Å². The van der Waals surface area contributed by atoms with Crippen molar-refractivity contribution in [2.24, 2.45) is 11.8 Å². The Morgan fingerprint density at radius 1 is 1.00 bits per heavy atom. The van der Waals surface area contributed by atoms with Crippen molar-refractivity contribution in [1.82, 2.24) is 9.80 Å². The lowest BCUT2D eigenvalue weighted by atomic mass is 9.85. The van der Waals surface area contributed by atoms with Crippen LogP contribution in [0.1, 0.15) is 23.2 Å². The van der Waals surface area contributed by atoms with Crippen LogP contribution in [0.25, 0.3) is 0 Å². The molecule has 0 N–H and O–H groups in total. The molecule has 0 bridgehead atoms. The molecule has 1 aliphatic carbocycles. The molecule has 4 rings (SSSR count). The number of nitrogens with zero attached hydrogens (tertiary/aromatic N) is 2. The number of likely N-dealkylation sites (tertiary alicyclic amines) is 2. The first-order valence-electron chi connectivity index (χ1n) is 8.13. The zero-order chi connectivity index (χ0) is 16.8. The molecule has 0 unspecified atom stereocenters. The summed E-state index contributed by atoms with van der Waals surface area (Å²) in [5, 5.41) is 0. The summed E-state index contributed by atoms with van der Waals surface area (Å²) in [5.74, 6) is -0.595. The number of hydrogen-bond acceptors (Lipinski definition) is 3. The molecule has 2 aliphatic heterocycles. The summed E-state index contributed by atoms with van der Waals surface area (Å²) >= 11 is 3.39. The first-order valence-corrected chi connectivity index (χ1v) is 8.93. The van der Waals surface area contributed by atoms with Gasteiger partial charge in [-0.1, -0.05) is 24.3 Å². The smallest absolute Gasteiger partial charge is 0.255 e. The Labute approximate surface area is 148 Å². The highest BCUT2D eigenvalue weighted by Gasteiger charge is 2.52. The van der Waals surface area contributed by atoms with Crippen molar-refractivity contribution in [3.05, 3.63) is 46.5 Å². The van der Waals surface area contributed by atoms with E-state index in [0.717, 1.165) is 4.47 Å². The van der Waals surface area contributed by atoms with E-state index in [-0.39, 0.29) is 35.6 Å². The van der Waals surface area contributed by atoms with Crippen LogP contribution in [0, 0.1) is 11.8 Å². The number of imide groups is 1. The van der Waals surface area contributed by atoms with Gasteiger partial charge in [-0.2, -0.15) is 0 Å². The number of allylic oxidation sites excluding steroid dienone is 2. The van der Waals surface area contributed by atoms with Crippen LogP contribution in [-0.2, 0) is 9.59 Å². The van der Waals surface area contributed by atoms with Gasteiger partial charge in [0.05, 0.1) is 23.4 Å². The number of carbonyl (C=O) groups excluding carboxylic acids is 3. The molecule has 24 heavy (non-hydrogen) atoms. The molecule has 0 aromatic heterocycles. The van der Waals surface area contributed by atoms with Crippen molar-refractivity contribution in [2.75, 3.05) is 13.1 Å². The van der Waals surface area contributed by atoms with Crippen LogP contribution in [0.3, 0.4) is 0 Å². The topological polar surface area (TPSA) is 57.7 Å². The second-order valence-electron chi connectivity index (χ2n) is 6.55. The average molecular weight is 389 g/mol. The molecule has 3 aliphatic rings. The Bertz CT molecular complexity index is 728. The van der Waals surface area contributed by atoms with Gasteiger partial charge in [0.2, 0.25) is 11.8 Å². The fourth-order valence-electron chi connectivity index (χ4n) is 3.78. The van der Waals surface area contributed by atoms with Gasteiger partial charge < -0.3 is 4.90 Å². The van der Waals surface area contributed by atoms with Crippen LogP contribution >= 0.6 is 15.9 Å². The predicted molar refractivity (Wildman–Crippen MR) is 91.0 cm³/mol. The minimum atomic E-state index is -0.199. The molecule has 1 aromatic carbocycles. The maximum absolute atomic E-state index is 12.5. The van der Waals surface area contributed by atoms with Crippen LogP contribution in [0.15, 0.2) is 40.9 Å². The maximum atomic E-state index is 12.5. The minimum Gasteiger partial charge on any atom is -0.334 e. The van der Waals surface area contributed by atoms with Crippen LogP contribution < -0.4 is 0 Å². The first-order chi connectivity index (χ1) is 11.6. The van der Waals surface area contributed by atoms with E-state index in [2.05, 4.69) is 15.9 Å². The lowest BCUT2D eigenvalue weighted by Gasteiger charge is -2.43. The van der Waals surface area contributed by atoms with Crippen molar-refractivity contribution in [1.29, 1.82) is 0 Å². The molecule has 0 radical (unpaired) electrons. The second-order valence-corrected chi connectivity index (χ2v) is 7.40. The molecule has 124 valence electrons. The van der Waals surface area contributed by atoms with Gasteiger partial charge in [-0.3, -0.25) is 19.3 Å². The Hall–Kier alpha value is -1.95. The molecule has 0 saturated carbocycles. The number of hydrogen-bond donors (Lipinski definition) is 0. The highest BCUT2D eigenvalue weighted by Crippen LogP contribution is 2.37. The SMILES string of the molecule is O=C(c1ccccc1Br)N1CC(N2C(=O)[C@H]3CC=CC[C@H]3C2=O)C1. The number of benzene rings is 1. The molecule has 2 fully saturated rings. The zero-order valence-electron chi connectivity index (χ0n) is 13.0. The summed E-state index contributed by atoms with van der Waals surface area (Å²) in [7, 11) is 0. The molecule has 3 amide bonds.